The number of hydrogen-bond acceptors (Lipinski definition) is 5. The molecule has 0 fully saturated rings. The van der Waals surface area contributed by atoms with Gasteiger partial charge < -0.3 is 10.6 Å². The Hall–Kier alpha value is -3.62. The van der Waals surface area contributed by atoms with Crippen LogP contribution in [0.5, 0.6) is 0 Å². The van der Waals surface area contributed by atoms with Gasteiger partial charge in [-0.25, -0.2) is 0 Å². The average molecular weight is 508 g/mol. The smallest absolute Gasteiger partial charge is 0.263 e. The Morgan fingerprint density at radius 2 is 1.77 bits per heavy atom. The lowest BCUT2D eigenvalue weighted by Gasteiger charge is -2.15. The molecule has 4 rings (SSSR count). The number of nitrogens with zero attached hydrogens (tertiary/aromatic N) is 1. The number of carbonyl (C=O) groups excluding carboxylic acids is 4. The molecule has 2 aliphatic rings. The summed E-state index contributed by atoms with van der Waals surface area (Å²) in [4.78, 5) is 51.7. The van der Waals surface area contributed by atoms with E-state index >= 15 is 0 Å². The molecule has 1 heterocycles. The second kappa shape index (κ2) is 10.3. The van der Waals surface area contributed by atoms with Gasteiger partial charge in [0.05, 0.1) is 28.9 Å². The minimum atomic E-state index is -0.483. The van der Waals surface area contributed by atoms with Gasteiger partial charge in [-0.3, -0.25) is 24.1 Å². The third kappa shape index (κ3) is 5.39. The van der Waals surface area contributed by atoms with Crippen LogP contribution in [-0.2, 0) is 22.6 Å². The summed E-state index contributed by atoms with van der Waals surface area (Å²) in [5, 5.41) is 5.89. The fourth-order valence-corrected chi connectivity index (χ4v) is 4.34. The van der Waals surface area contributed by atoms with Gasteiger partial charge in [0, 0.05) is 29.8 Å². The zero-order valence-corrected chi connectivity index (χ0v) is 20.5. The highest BCUT2D eigenvalue weighted by Gasteiger charge is 2.38. The molecule has 35 heavy (non-hydrogen) atoms. The van der Waals surface area contributed by atoms with Gasteiger partial charge in [0.1, 0.15) is 0 Å². The molecule has 1 aliphatic heterocycles. The van der Waals surface area contributed by atoms with Crippen LogP contribution in [0.15, 0.2) is 65.2 Å². The van der Waals surface area contributed by atoms with Crippen LogP contribution in [0.2, 0.25) is 0 Å². The van der Waals surface area contributed by atoms with Crippen molar-refractivity contribution in [1.29, 1.82) is 0 Å². The molecule has 0 radical (unpaired) electrons. The molecule has 0 spiro atoms. The van der Waals surface area contributed by atoms with Gasteiger partial charge in [-0.1, -0.05) is 60.2 Å². The van der Waals surface area contributed by atoms with Gasteiger partial charge in [-0.15, -0.1) is 0 Å². The van der Waals surface area contributed by atoms with E-state index in [1.54, 1.807) is 24.3 Å². The van der Waals surface area contributed by atoms with Crippen molar-refractivity contribution in [2.75, 3.05) is 11.9 Å². The number of nitrogens with one attached hydrogen (secondary N) is 2. The molecule has 0 aromatic heterocycles. The van der Waals surface area contributed by atoms with Crippen LogP contribution in [0.4, 0.5) is 5.69 Å². The summed E-state index contributed by atoms with van der Waals surface area (Å²) in [6, 6.07) is 12.3. The van der Waals surface area contributed by atoms with Crippen molar-refractivity contribution >= 4 is 58.0 Å². The summed E-state index contributed by atoms with van der Waals surface area (Å²) < 4.78 is 0. The number of fused-ring (bicyclic) bond motifs is 1. The molecular weight excluding hydrogens is 486 g/mol. The molecule has 0 atom stereocenters. The number of imide groups is 1. The highest BCUT2D eigenvalue weighted by molar-refractivity contribution is 7.81. The summed E-state index contributed by atoms with van der Waals surface area (Å²) in [6.07, 6.45) is 4.27. The summed E-state index contributed by atoms with van der Waals surface area (Å²) in [7, 11) is 0. The monoisotopic (exact) mass is 507 g/mol. The van der Waals surface area contributed by atoms with Gasteiger partial charge in [-0.2, -0.15) is 0 Å². The molecule has 2 aromatic carbocycles. The minimum Gasteiger partial charge on any atom is -0.356 e. The Morgan fingerprint density at radius 1 is 1.06 bits per heavy atom. The molecule has 2 aromatic rings. The second-order valence-corrected chi connectivity index (χ2v) is 9.13. The average Bonchev–Trinajstić information content (AvgIpc) is 3.07. The first-order valence-corrected chi connectivity index (χ1v) is 11.8. The Balaban J connectivity index is 1.49. The lowest BCUT2D eigenvalue weighted by atomic mass is 10.0. The van der Waals surface area contributed by atoms with Crippen LogP contribution in [0, 0.1) is 0 Å². The first-order valence-electron chi connectivity index (χ1n) is 11.0. The number of rotatable bonds is 7. The normalized spacial score (nSPS) is 14.9. The number of allylic oxidation sites excluding steroid dienone is 3. The highest BCUT2D eigenvalue weighted by Crippen LogP contribution is 2.31. The SMILES string of the molecule is CC(=O)NCCc1ccc(CN2C(=O)c3cccc(NC(=O)C4=CC(Cl)=CCC4=S)c3C2=O)cc1. The zero-order chi connectivity index (χ0) is 25.1. The summed E-state index contributed by atoms with van der Waals surface area (Å²) >= 11 is 11.3. The van der Waals surface area contributed by atoms with E-state index in [0.717, 1.165) is 16.0 Å². The first kappa shape index (κ1) is 24.5. The van der Waals surface area contributed by atoms with Gasteiger partial charge in [0.2, 0.25) is 5.91 Å². The van der Waals surface area contributed by atoms with Crippen LogP contribution < -0.4 is 10.6 Å². The van der Waals surface area contributed by atoms with Crippen LogP contribution in [-0.4, -0.2) is 39.9 Å². The standard InChI is InChI=1S/C26H22ClN3O4S/c1-15(31)28-12-11-16-5-7-17(8-6-16)14-30-25(33)19-3-2-4-21(23(19)26(30)34)29-24(32)20-13-18(27)9-10-22(20)35/h2-9,13H,10-12,14H2,1H3,(H,28,31)(H,29,32). The predicted molar refractivity (Wildman–Crippen MR) is 137 cm³/mol. The van der Waals surface area contributed by atoms with E-state index in [0.29, 0.717) is 29.3 Å². The van der Waals surface area contributed by atoms with Crippen molar-refractivity contribution in [2.45, 2.75) is 26.3 Å². The van der Waals surface area contributed by atoms with Crippen molar-refractivity contribution in [3.8, 4) is 0 Å². The van der Waals surface area contributed by atoms with E-state index in [2.05, 4.69) is 10.6 Å². The second-order valence-electron chi connectivity index (χ2n) is 8.20. The summed E-state index contributed by atoms with van der Waals surface area (Å²) in [6.45, 7) is 2.10. The highest BCUT2D eigenvalue weighted by atomic mass is 35.5. The number of thiocarbonyl (C=S) groups is 1. The molecule has 0 saturated heterocycles. The Kier molecular flexibility index (Phi) is 7.23. The van der Waals surface area contributed by atoms with Crippen molar-refractivity contribution in [3.63, 3.8) is 0 Å². The zero-order valence-electron chi connectivity index (χ0n) is 18.9. The van der Waals surface area contributed by atoms with E-state index in [9.17, 15) is 19.2 Å². The molecular formula is C26H22ClN3O4S. The molecule has 0 saturated carbocycles. The number of carbonyl (C=O) groups is 4. The largest absolute Gasteiger partial charge is 0.356 e. The number of amides is 4. The molecule has 7 nitrogen and oxygen atoms in total. The maximum atomic E-state index is 13.2. The molecule has 1 aliphatic carbocycles. The quantitative estimate of drug-likeness (QED) is 0.437. The third-order valence-electron chi connectivity index (χ3n) is 5.71. The molecule has 9 heteroatoms. The predicted octanol–water partition coefficient (Wildman–Crippen LogP) is 3.92. The van der Waals surface area contributed by atoms with Crippen molar-refractivity contribution in [3.05, 3.63) is 87.5 Å². The van der Waals surface area contributed by atoms with E-state index < -0.39 is 17.7 Å². The lowest BCUT2D eigenvalue weighted by Crippen LogP contribution is -2.29. The van der Waals surface area contributed by atoms with Gasteiger partial charge in [0.15, 0.2) is 0 Å². The number of benzene rings is 2. The minimum absolute atomic E-state index is 0.0818. The van der Waals surface area contributed by atoms with E-state index in [1.807, 2.05) is 24.3 Å². The van der Waals surface area contributed by atoms with E-state index in [-0.39, 0.29) is 34.8 Å². The van der Waals surface area contributed by atoms with E-state index in [1.165, 1.54) is 13.0 Å². The van der Waals surface area contributed by atoms with Crippen LogP contribution in [0.25, 0.3) is 0 Å². The molecule has 0 unspecified atom stereocenters. The van der Waals surface area contributed by atoms with Gasteiger partial charge >= 0.3 is 0 Å². The maximum Gasteiger partial charge on any atom is 0.263 e. The van der Waals surface area contributed by atoms with Crippen molar-refractivity contribution < 1.29 is 19.2 Å². The van der Waals surface area contributed by atoms with Crippen LogP contribution >= 0.6 is 23.8 Å². The Morgan fingerprint density at radius 3 is 2.49 bits per heavy atom. The van der Waals surface area contributed by atoms with E-state index in [4.69, 9.17) is 23.8 Å². The van der Waals surface area contributed by atoms with Crippen LogP contribution in [0.1, 0.15) is 45.2 Å². The third-order valence-corrected chi connectivity index (χ3v) is 6.36. The summed E-state index contributed by atoms with van der Waals surface area (Å²) in [5.41, 5.74) is 2.71. The fourth-order valence-electron chi connectivity index (χ4n) is 3.92. The molecule has 2 N–H and O–H groups in total. The number of halogens is 1. The summed E-state index contributed by atoms with van der Waals surface area (Å²) in [5.74, 6) is -1.47. The Bertz CT molecular complexity index is 1310. The lowest BCUT2D eigenvalue weighted by molar-refractivity contribution is -0.119. The first-order chi connectivity index (χ1) is 16.7. The van der Waals surface area contributed by atoms with Gasteiger partial charge in [-0.05, 0) is 35.8 Å². The van der Waals surface area contributed by atoms with Crippen molar-refractivity contribution in [1.82, 2.24) is 10.2 Å². The maximum absolute atomic E-state index is 13.2. The van der Waals surface area contributed by atoms with Gasteiger partial charge in [0.25, 0.3) is 17.7 Å². The number of hydrogen-bond donors (Lipinski definition) is 2. The fraction of sp³-hybridized carbons (Fsp3) is 0.192. The van der Waals surface area contributed by atoms with Crippen molar-refractivity contribution in [2.24, 2.45) is 0 Å². The topological polar surface area (TPSA) is 95.6 Å². The number of anilines is 1. The van der Waals surface area contributed by atoms with Crippen LogP contribution in [0.3, 0.4) is 0 Å². The molecule has 4 amide bonds. The molecule has 178 valence electrons. The molecule has 0 bridgehead atoms. The Labute approximate surface area is 212 Å².